The van der Waals surface area contributed by atoms with Crippen LogP contribution in [0.5, 0.6) is 0 Å². The van der Waals surface area contributed by atoms with E-state index in [1.165, 1.54) is 6.92 Å². The number of amides is 2. The number of Topliss-reactive ketones (excluding diaryl/α,β-unsaturated/α-hetero) is 1. The molecular formula is C18H26N2O3. The van der Waals surface area contributed by atoms with E-state index in [0.29, 0.717) is 12.8 Å². The molecule has 0 spiro atoms. The van der Waals surface area contributed by atoms with E-state index in [1.54, 1.807) is 6.92 Å². The Balaban J connectivity index is 2.80. The summed E-state index contributed by atoms with van der Waals surface area (Å²) in [5, 5.41) is 5.30. The maximum atomic E-state index is 12.4. The Hall–Kier alpha value is -2.17. The zero-order valence-electron chi connectivity index (χ0n) is 14.3. The van der Waals surface area contributed by atoms with Crippen molar-refractivity contribution in [2.24, 2.45) is 5.92 Å². The highest BCUT2D eigenvalue weighted by atomic mass is 16.2. The van der Waals surface area contributed by atoms with Gasteiger partial charge in [-0.2, -0.15) is 0 Å². The van der Waals surface area contributed by atoms with E-state index in [2.05, 4.69) is 10.6 Å². The van der Waals surface area contributed by atoms with Crippen LogP contribution in [-0.4, -0.2) is 29.7 Å². The van der Waals surface area contributed by atoms with Crippen LogP contribution < -0.4 is 10.6 Å². The number of nitrogens with one attached hydrogen (secondary N) is 2. The molecule has 2 atom stereocenters. The molecule has 126 valence electrons. The number of carbonyl (C=O) groups excluding carboxylic acids is 3. The van der Waals surface area contributed by atoms with Gasteiger partial charge in [-0.1, -0.05) is 44.2 Å². The van der Waals surface area contributed by atoms with Gasteiger partial charge in [-0.15, -0.1) is 0 Å². The molecule has 2 amide bonds. The summed E-state index contributed by atoms with van der Waals surface area (Å²) in [6, 6.07) is 8.33. The Labute approximate surface area is 137 Å². The van der Waals surface area contributed by atoms with Crippen molar-refractivity contribution in [2.45, 2.75) is 52.6 Å². The second-order valence-corrected chi connectivity index (χ2v) is 6.24. The van der Waals surface area contributed by atoms with Crippen molar-refractivity contribution in [1.82, 2.24) is 10.6 Å². The van der Waals surface area contributed by atoms with Crippen LogP contribution in [0.2, 0.25) is 0 Å². The molecule has 0 aliphatic carbocycles. The molecule has 2 N–H and O–H groups in total. The smallest absolute Gasteiger partial charge is 0.242 e. The normalized spacial score (nSPS) is 13.3. The maximum Gasteiger partial charge on any atom is 0.242 e. The van der Waals surface area contributed by atoms with Crippen LogP contribution in [0.1, 0.15) is 39.7 Å². The highest BCUT2D eigenvalue weighted by Gasteiger charge is 2.24. The van der Waals surface area contributed by atoms with Crippen molar-refractivity contribution in [2.75, 3.05) is 0 Å². The van der Waals surface area contributed by atoms with Crippen LogP contribution >= 0.6 is 0 Å². The molecule has 0 fully saturated rings. The molecule has 5 heteroatoms. The van der Waals surface area contributed by atoms with E-state index in [1.807, 2.05) is 44.2 Å². The summed E-state index contributed by atoms with van der Waals surface area (Å²) < 4.78 is 0. The number of rotatable bonds is 8. The molecule has 0 radical (unpaired) electrons. The fourth-order valence-corrected chi connectivity index (χ4v) is 2.31. The van der Waals surface area contributed by atoms with Gasteiger partial charge in [0, 0.05) is 13.3 Å². The van der Waals surface area contributed by atoms with Crippen LogP contribution in [0.15, 0.2) is 30.3 Å². The summed E-state index contributed by atoms with van der Waals surface area (Å²) in [6.07, 6.45) is 0.858. The number of ketones is 1. The molecule has 0 heterocycles. The van der Waals surface area contributed by atoms with Gasteiger partial charge in [0.2, 0.25) is 11.8 Å². The molecular weight excluding hydrogens is 292 g/mol. The first-order valence-electron chi connectivity index (χ1n) is 7.93. The van der Waals surface area contributed by atoms with Crippen molar-refractivity contribution in [1.29, 1.82) is 0 Å². The second-order valence-electron chi connectivity index (χ2n) is 6.24. The lowest BCUT2D eigenvalue weighted by molar-refractivity contribution is -0.130. The molecule has 0 saturated heterocycles. The Morgan fingerprint density at radius 3 is 2.13 bits per heavy atom. The van der Waals surface area contributed by atoms with Gasteiger partial charge < -0.3 is 10.6 Å². The maximum absolute atomic E-state index is 12.4. The zero-order valence-corrected chi connectivity index (χ0v) is 14.3. The minimum Gasteiger partial charge on any atom is -0.345 e. The molecule has 0 bridgehead atoms. The summed E-state index contributed by atoms with van der Waals surface area (Å²) in [6.45, 7) is 6.90. The number of carbonyl (C=O) groups is 3. The highest BCUT2D eigenvalue weighted by Crippen LogP contribution is 2.09. The van der Waals surface area contributed by atoms with E-state index in [9.17, 15) is 14.4 Å². The summed E-state index contributed by atoms with van der Waals surface area (Å²) in [7, 11) is 0. The molecule has 23 heavy (non-hydrogen) atoms. The predicted octanol–water partition coefficient (Wildman–Crippen LogP) is 1.85. The first kappa shape index (κ1) is 18.9. The van der Waals surface area contributed by atoms with Crippen molar-refractivity contribution < 1.29 is 14.4 Å². The third kappa shape index (κ3) is 7.08. The monoisotopic (exact) mass is 318 g/mol. The van der Waals surface area contributed by atoms with Gasteiger partial charge in [0.15, 0.2) is 5.78 Å². The number of benzene rings is 1. The first-order chi connectivity index (χ1) is 10.8. The van der Waals surface area contributed by atoms with Crippen LogP contribution in [0, 0.1) is 5.92 Å². The number of hydrogen-bond donors (Lipinski definition) is 2. The minimum absolute atomic E-state index is 0.00669. The Kier molecular flexibility index (Phi) is 7.45. The van der Waals surface area contributed by atoms with Gasteiger partial charge >= 0.3 is 0 Å². The topological polar surface area (TPSA) is 75.3 Å². The SMILES string of the molecule is CC(=O)N[C@@H](C)C(=O)N[C@@H](Cc1ccccc1)C(=O)CC(C)C. The molecule has 0 unspecified atom stereocenters. The van der Waals surface area contributed by atoms with Crippen molar-refractivity contribution in [3.8, 4) is 0 Å². The largest absolute Gasteiger partial charge is 0.345 e. The van der Waals surface area contributed by atoms with E-state index in [0.717, 1.165) is 5.56 Å². The second kappa shape index (κ2) is 9.08. The zero-order chi connectivity index (χ0) is 17.4. The average molecular weight is 318 g/mol. The third-order valence-electron chi connectivity index (χ3n) is 3.41. The van der Waals surface area contributed by atoms with Gasteiger partial charge in [0.1, 0.15) is 6.04 Å². The van der Waals surface area contributed by atoms with Gasteiger partial charge in [-0.05, 0) is 24.8 Å². The number of hydrogen-bond acceptors (Lipinski definition) is 3. The summed E-state index contributed by atoms with van der Waals surface area (Å²) in [4.78, 5) is 35.7. The summed E-state index contributed by atoms with van der Waals surface area (Å²) >= 11 is 0. The molecule has 0 aliphatic heterocycles. The fourth-order valence-electron chi connectivity index (χ4n) is 2.31. The van der Waals surface area contributed by atoms with Crippen LogP contribution in [0.3, 0.4) is 0 Å². The van der Waals surface area contributed by atoms with Crippen molar-refractivity contribution in [3.05, 3.63) is 35.9 Å². The molecule has 0 aliphatic rings. The van der Waals surface area contributed by atoms with Gasteiger partial charge in [-0.25, -0.2) is 0 Å². The standard InChI is InChI=1S/C18H26N2O3/c1-12(2)10-17(22)16(11-15-8-6-5-7-9-15)20-18(23)13(3)19-14(4)21/h5-9,12-13,16H,10-11H2,1-4H3,(H,19,21)(H,20,23)/t13-,16-/m0/s1. The third-order valence-corrected chi connectivity index (χ3v) is 3.41. The van der Waals surface area contributed by atoms with Gasteiger partial charge in [0.05, 0.1) is 6.04 Å². The van der Waals surface area contributed by atoms with Crippen LogP contribution in [0.25, 0.3) is 0 Å². The summed E-state index contributed by atoms with van der Waals surface area (Å²) in [5.41, 5.74) is 0.988. The lowest BCUT2D eigenvalue weighted by Crippen LogP contribution is -2.50. The average Bonchev–Trinajstić information content (AvgIpc) is 2.46. The van der Waals surface area contributed by atoms with E-state index in [4.69, 9.17) is 0 Å². The lowest BCUT2D eigenvalue weighted by atomic mass is 9.96. The first-order valence-corrected chi connectivity index (χ1v) is 7.93. The van der Waals surface area contributed by atoms with Crippen LogP contribution in [0.4, 0.5) is 0 Å². The van der Waals surface area contributed by atoms with E-state index >= 15 is 0 Å². The van der Waals surface area contributed by atoms with Crippen LogP contribution in [-0.2, 0) is 20.8 Å². The molecule has 1 aromatic rings. The lowest BCUT2D eigenvalue weighted by Gasteiger charge is -2.21. The minimum atomic E-state index is -0.669. The quantitative estimate of drug-likeness (QED) is 0.768. The Bertz CT molecular complexity index is 540. The highest BCUT2D eigenvalue weighted by molar-refractivity contribution is 5.92. The fraction of sp³-hybridized carbons (Fsp3) is 0.500. The Morgan fingerprint density at radius 2 is 1.61 bits per heavy atom. The predicted molar refractivity (Wildman–Crippen MR) is 89.8 cm³/mol. The molecule has 1 rings (SSSR count). The molecule has 0 aromatic heterocycles. The Morgan fingerprint density at radius 1 is 1.00 bits per heavy atom. The van der Waals surface area contributed by atoms with Crippen molar-refractivity contribution in [3.63, 3.8) is 0 Å². The van der Waals surface area contributed by atoms with E-state index in [-0.39, 0.29) is 23.5 Å². The molecule has 5 nitrogen and oxygen atoms in total. The van der Waals surface area contributed by atoms with Gasteiger partial charge in [-0.3, -0.25) is 14.4 Å². The van der Waals surface area contributed by atoms with E-state index < -0.39 is 12.1 Å². The summed E-state index contributed by atoms with van der Waals surface area (Å²) in [5.74, 6) is -0.392. The van der Waals surface area contributed by atoms with Crippen molar-refractivity contribution >= 4 is 17.6 Å². The van der Waals surface area contributed by atoms with Gasteiger partial charge in [0.25, 0.3) is 0 Å². The molecule has 0 saturated carbocycles. The molecule has 1 aromatic carbocycles.